The van der Waals surface area contributed by atoms with Crippen LogP contribution < -0.4 is 5.32 Å². The molecule has 0 fully saturated rings. The Morgan fingerprint density at radius 3 is 2.21 bits per heavy atom. The van der Waals surface area contributed by atoms with Crippen LogP contribution in [0.1, 0.15) is 79.3 Å². The molecule has 6 nitrogen and oxygen atoms in total. The summed E-state index contributed by atoms with van der Waals surface area (Å²) in [5.41, 5.74) is 4.83. The Morgan fingerprint density at radius 2 is 1.71 bits per heavy atom. The van der Waals surface area contributed by atoms with Gasteiger partial charge in [-0.25, -0.2) is 4.79 Å². The molecule has 0 saturated carbocycles. The van der Waals surface area contributed by atoms with Gasteiger partial charge in [0.05, 0.1) is 22.6 Å². The Bertz CT molecular complexity index is 881. The number of benzene rings is 1. The molecule has 2 aromatic rings. The highest BCUT2D eigenvalue weighted by molar-refractivity contribution is 5.98. The van der Waals surface area contributed by atoms with E-state index >= 15 is 0 Å². The van der Waals surface area contributed by atoms with Crippen LogP contribution in [-0.2, 0) is 16.6 Å². The first-order valence-electron chi connectivity index (χ1n) is 9.68. The fourth-order valence-electron chi connectivity index (χ4n) is 3.06. The van der Waals surface area contributed by atoms with Crippen molar-refractivity contribution in [2.24, 2.45) is 7.05 Å². The molecule has 1 amide bonds. The van der Waals surface area contributed by atoms with E-state index in [9.17, 15) is 9.59 Å². The van der Waals surface area contributed by atoms with Crippen LogP contribution in [0.25, 0.3) is 0 Å². The van der Waals surface area contributed by atoms with Gasteiger partial charge in [-0.05, 0) is 49.8 Å². The van der Waals surface area contributed by atoms with Crippen molar-refractivity contribution in [1.29, 1.82) is 0 Å². The highest BCUT2D eigenvalue weighted by atomic mass is 16.5. The highest BCUT2D eigenvalue weighted by Gasteiger charge is 2.24. The van der Waals surface area contributed by atoms with Crippen molar-refractivity contribution in [3.05, 3.63) is 46.3 Å². The number of nitrogens with zero attached hydrogens (tertiary/aromatic N) is 2. The molecule has 0 spiro atoms. The van der Waals surface area contributed by atoms with E-state index < -0.39 is 12.1 Å². The third-order valence-electron chi connectivity index (χ3n) is 4.99. The normalized spacial score (nSPS) is 12.4. The minimum absolute atomic E-state index is 0.172. The number of ether oxygens (including phenoxy) is 1. The number of rotatable bonds is 6. The number of esters is 1. The van der Waals surface area contributed by atoms with E-state index in [0.29, 0.717) is 17.2 Å². The number of carbonyl (C=O) groups excluding carboxylic acids is 2. The molecule has 0 radical (unpaired) electrons. The van der Waals surface area contributed by atoms with Gasteiger partial charge < -0.3 is 10.1 Å². The number of hydrogen-bond donors (Lipinski definition) is 1. The molecule has 0 aliphatic heterocycles. The molecule has 1 atom stereocenters. The molecule has 0 bridgehead atoms. The lowest BCUT2D eigenvalue weighted by atomic mass is 9.91. The van der Waals surface area contributed by atoms with Crippen molar-refractivity contribution in [3.8, 4) is 0 Å². The summed E-state index contributed by atoms with van der Waals surface area (Å²) in [5, 5.41) is 7.10. The molecular formula is C22H31N3O3. The van der Waals surface area contributed by atoms with Gasteiger partial charge in [-0.1, -0.05) is 39.8 Å². The van der Waals surface area contributed by atoms with E-state index in [1.54, 1.807) is 17.7 Å². The highest BCUT2D eigenvalue weighted by Crippen LogP contribution is 2.26. The molecule has 0 unspecified atom stereocenters. The number of aryl methyl sites for hydroxylation is 2. The van der Waals surface area contributed by atoms with Gasteiger partial charge in [0.1, 0.15) is 0 Å². The standard InChI is InChI=1S/C22H31N3O3/c1-12(2)17-9-10-18(19(11-17)13(3)4)22(27)28-16(7)21(26)23-20-14(5)24-25(8)15(20)6/h9-13,16H,1-8H3,(H,23,26)/t16-/m1/s1. The van der Waals surface area contributed by atoms with Crippen molar-refractivity contribution in [2.75, 3.05) is 5.32 Å². The Hall–Kier alpha value is -2.63. The predicted octanol–water partition coefficient (Wildman–Crippen LogP) is 4.47. The molecule has 0 aliphatic carbocycles. The molecule has 0 aliphatic rings. The van der Waals surface area contributed by atoms with Gasteiger partial charge in [0.2, 0.25) is 0 Å². The van der Waals surface area contributed by atoms with Crippen molar-refractivity contribution in [2.45, 2.75) is 66.4 Å². The summed E-state index contributed by atoms with van der Waals surface area (Å²) in [6.07, 6.45) is -0.920. The molecule has 0 saturated heterocycles. The van der Waals surface area contributed by atoms with E-state index in [0.717, 1.165) is 17.0 Å². The van der Waals surface area contributed by atoms with Crippen LogP contribution in [0.15, 0.2) is 18.2 Å². The maximum atomic E-state index is 12.7. The second kappa shape index (κ2) is 8.59. The first-order valence-corrected chi connectivity index (χ1v) is 9.68. The van der Waals surface area contributed by atoms with Gasteiger partial charge in [-0.3, -0.25) is 9.48 Å². The Morgan fingerprint density at radius 1 is 1.07 bits per heavy atom. The van der Waals surface area contributed by atoms with E-state index in [1.807, 2.05) is 40.8 Å². The van der Waals surface area contributed by atoms with E-state index in [2.05, 4.69) is 30.3 Å². The predicted molar refractivity (Wildman–Crippen MR) is 111 cm³/mol. The average Bonchev–Trinajstić information content (AvgIpc) is 2.86. The van der Waals surface area contributed by atoms with E-state index in [4.69, 9.17) is 4.74 Å². The second-order valence-corrected chi connectivity index (χ2v) is 7.86. The molecule has 28 heavy (non-hydrogen) atoms. The molecule has 1 heterocycles. The van der Waals surface area contributed by atoms with Gasteiger partial charge in [-0.2, -0.15) is 5.10 Å². The summed E-state index contributed by atoms with van der Waals surface area (Å²) in [7, 11) is 1.82. The van der Waals surface area contributed by atoms with Crippen LogP contribution in [-0.4, -0.2) is 27.8 Å². The number of aromatic nitrogens is 2. The Labute approximate surface area is 167 Å². The molecule has 2 rings (SSSR count). The van der Waals surface area contributed by atoms with E-state index in [1.165, 1.54) is 5.56 Å². The van der Waals surface area contributed by atoms with Crippen LogP contribution in [0.2, 0.25) is 0 Å². The average molecular weight is 386 g/mol. The van der Waals surface area contributed by atoms with E-state index in [-0.39, 0.29) is 11.8 Å². The zero-order valence-electron chi connectivity index (χ0n) is 18.1. The zero-order valence-corrected chi connectivity index (χ0v) is 18.1. The van der Waals surface area contributed by atoms with Gasteiger partial charge in [0, 0.05) is 7.05 Å². The number of hydrogen-bond acceptors (Lipinski definition) is 4. The van der Waals surface area contributed by atoms with Gasteiger partial charge in [-0.15, -0.1) is 0 Å². The monoisotopic (exact) mass is 385 g/mol. The first kappa shape index (κ1) is 21.7. The van der Waals surface area contributed by atoms with Crippen LogP contribution >= 0.6 is 0 Å². The minimum Gasteiger partial charge on any atom is -0.449 e. The van der Waals surface area contributed by atoms with Crippen LogP contribution in [0, 0.1) is 13.8 Å². The SMILES string of the molecule is Cc1nn(C)c(C)c1NC(=O)[C@@H](C)OC(=O)c1ccc(C(C)C)cc1C(C)C. The van der Waals surface area contributed by atoms with Gasteiger partial charge in [0.15, 0.2) is 6.10 Å². The Balaban J connectivity index is 2.16. The molecule has 1 N–H and O–H groups in total. The number of amides is 1. The van der Waals surface area contributed by atoms with Crippen molar-refractivity contribution >= 4 is 17.6 Å². The maximum absolute atomic E-state index is 12.7. The number of anilines is 1. The van der Waals surface area contributed by atoms with Crippen LogP contribution in [0.4, 0.5) is 5.69 Å². The number of carbonyl (C=O) groups is 2. The van der Waals surface area contributed by atoms with Crippen molar-refractivity contribution in [3.63, 3.8) is 0 Å². The topological polar surface area (TPSA) is 73.2 Å². The summed E-state index contributed by atoms with van der Waals surface area (Å²) < 4.78 is 7.17. The summed E-state index contributed by atoms with van der Waals surface area (Å²) in [6, 6.07) is 5.80. The second-order valence-electron chi connectivity index (χ2n) is 7.86. The third kappa shape index (κ3) is 4.61. The van der Waals surface area contributed by atoms with Crippen LogP contribution in [0.3, 0.4) is 0 Å². The first-order chi connectivity index (χ1) is 13.0. The lowest BCUT2D eigenvalue weighted by molar-refractivity contribution is -0.123. The minimum atomic E-state index is -0.920. The third-order valence-corrected chi connectivity index (χ3v) is 4.99. The summed E-state index contributed by atoms with van der Waals surface area (Å²) >= 11 is 0. The largest absolute Gasteiger partial charge is 0.449 e. The fourth-order valence-corrected chi connectivity index (χ4v) is 3.06. The quantitative estimate of drug-likeness (QED) is 0.745. The lowest BCUT2D eigenvalue weighted by Crippen LogP contribution is -2.30. The van der Waals surface area contributed by atoms with Gasteiger partial charge >= 0.3 is 5.97 Å². The lowest BCUT2D eigenvalue weighted by Gasteiger charge is -2.18. The van der Waals surface area contributed by atoms with Crippen molar-refractivity contribution in [1.82, 2.24) is 9.78 Å². The fraction of sp³-hybridized carbons (Fsp3) is 0.500. The van der Waals surface area contributed by atoms with Gasteiger partial charge in [0.25, 0.3) is 5.91 Å². The summed E-state index contributed by atoms with van der Waals surface area (Å²) in [6.45, 7) is 13.6. The molecular weight excluding hydrogens is 354 g/mol. The molecule has 1 aromatic carbocycles. The molecule has 152 valence electrons. The molecule has 1 aromatic heterocycles. The Kier molecular flexibility index (Phi) is 6.65. The van der Waals surface area contributed by atoms with Crippen molar-refractivity contribution < 1.29 is 14.3 Å². The zero-order chi connectivity index (χ0) is 21.2. The summed E-state index contributed by atoms with van der Waals surface area (Å²) in [5.74, 6) is -0.317. The molecule has 6 heteroatoms. The smallest absolute Gasteiger partial charge is 0.339 e. The maximum Gasteiger partial charge on any atom is 0.339 e. The number of nitrogens with one attached hydrogen (secondary N) is 1. The summed E-state index contributed by atoms with van der Waals surface area (Å²) in [4.78, 5) is 25.3. The van der Waals surface area contributed by atoms with Crippen LogP contribution in [0.5, 0.6) is 0 Å².